The lowest BCUT2D eigenvalue weighted by atomic mass is 9.92. The molecule has 0 aromatic carbocycles. The zero-order valence-electron chi connectivity index (χ0n) is 19.7. The van der Waals surface area contributed by atoms with Gasteiger partial charge in [0.2, 0.25) is 0 Å². The second kappa shape index (κ2) is 11.9. The van der Waals surface area contributed by atoms with Gasteiger partial charge in [-0.25, -0.2) is 4.79 Å². The second-order valence-electron chi connectivity index (χ2n) is 9.02. The number of cyclic esters (lactones) is 1. The summed E-state index contributed by atoms with van der Waals surface area (Å²) in [5.74, 6) is 1.05. The highest BCUT2D eigenvalue weighted by atomic mass is 16.6. The van der Waals surface area contributed by atoms with Gasteiger partial charge in [0, 0.05) is 0 Å². The van der Waals surface area contributed by atoms with Crippen molar-refractivity contribution in [2.24, 2.45) is 5.92 Å². The molecule has 172 valence electrons. The van der Waals surface area contributed by atoms with E-state index in [9.17, 15) is 9.90 Å². The number of hydrogen-bond acceptors (Lipinski definition) is 5. The highest BCUT2D eigenvalue weighted by Crippen LogP contribution is 2.28. The summed E-state index contributed by atoms with van der Waals surface area (Å²) in [4.78, 5) is 11.7. The van der Waals surface area contributed by atoms with Crippen molar-refractivity contribution in [2.45, 2.75) is 84.7 Å². The van der Waals surface area contributed by atoms with Crippen molar-refractivity contribution < 1.29 is 23.8 Å². The maximum absolute atomic E-state index is 11.7. The molecule has 1 aliphatic rings. The van der Waals surface area contributed by atoms with Gasteiger partial charge in [0.25, 0.3) is 0 Å². The molecule has 2 rings (SSSR count). The van der Waals surface area contributed by atoms with Crippen molar-refractivity contribution >= 4 is 5.97 Å². The van der Waals surface area contributed by atoms with Gasteiger partial charge in [-0.2, -0.15) is 0 Å². The minimum absolute atomic E-state index is 0.294. The van der Waals surface area contributed by atoms with Crippen LogP contribution in [0.3, 0.4) is 0 Å². The molecular weight excluding hydrogens is 392 g/mol. The van der Waals surface area contributed by atoms with E-state index in [1.54, 1.807) is 26.6 Å². The summed E-state index contributed by atoms with van der Waals surface area (Å²) >= 11 is 0. The van der Waals surface area contributed by atoms with Crippen LogP contribution in [0.5, 0.6) is 0 Å². The third-order valence-corrected chi connectivity index (χ3v) is 5.88. The fraction of sp³-hybridized carbons (Fsp3) is 0.577. The Balaban J connectivity index is 1.66. The SMILES string of the molecule is COC1=C(C)C(=O)O/C1=C\C(C)CCC/C(C)=C/CCC(C)(O)CCCc1ccoc1. The van der Waals surface area contributed by atoms with Crippen LogP contribution in [0, 0.1) is 5.92 Å². The first-order valence-electron chi connectivity index (χ1n) is 11.3. The van der Waals surface area contributed by atoms with Crippen molar-refractivity contribution in [3.63, 3.8) is 0 Å². The molecule has 0 fully saturated rings. The monoisotopic (exact) mass is 430 g/mol. The molecule has 0 radical (unpaired) electrons. The van der Waals surface area contributed by atoms with E-state index >= 15 is 0 Å². The molecule has 2 heterocycles. The van der Waals surface area contributed by atoms with Gasteiger partial charge in [-0.05, 0) is 95.8 Å². The maximum Gasteiger partial charge on any atom is 0.343 e. The first-order valence-corrected chi connectivity index (χ1v) is 11.3. The minimum atomic E-state index is -0.634. The summed E-state index contributed by atoms with van der Waals surface area (Å²) in [6.07, 6.45) is 15.1. The van der Waals surface area contributed by atoms with Gasteiger partial charge in [-0.1, -0.05) is 18.6 Å². The summed E-state index contributed by atoms with van der Waals surface area (Å²) < 4.78 is 15.7. The number of hydrogen-bond donors (Lipinski definition) is 1. The van der Waals surface area contributed by atoms with Crippen molar-refractivity contribution in [3.05, 3.63) is 59.0 Å². The third-order valence-electron chi connectivity index (χ3n) is 5.88. The summed E-state index contributed by atoms with van der Waals surface area (Å²) in [7, 11) is 1.56. The number of carbonyl (C=O) groups excluding carboxylic acids is 1. The van der Waals surface area contributed by atoms with E-state index < -0.39 is 5.60 Å². The van der Waals surface area contributed by atoms with Gasteiger partial charge in [-0.3, -0.25) is 0 Å². The van der Waals surface area contributed by atoms with E-state index in [1.165, 1.54) is 11.1 Å². The van der Waals surface area contributed by atoms with Crippen molar-refractivity contribution in [1.29, 1.82) is 0 Å². The van der Waals surface area contributed by atoms with E-state index in [1.807, 2.05) is 19.1 Å². The van der Waals surface area contributed by atoms with Crippen LogP contribution in [0.1, 0.15) is 78.2 Å². The lowest BCUT2D eigenvalue weighted by Crippen LogP contribution is -2.23. The van der Waals surface area contributed by atoms with Gasteiger partial charge in [0.15, 0.2) is 11.5 Å². The van der Waals surface area contributed by atoms with E-state index in [2.05, 4.69) is 19.9 Å². The zero-order chi connectivity index (χ0) is 22.9. The van der Waals surface area contributed by atoms with Crippen LogP contribution < -0.4 is 0 Å². The molecule has 0 amide bonds. The van der Waals surface area contributed by atoms with Crippen LogP contribution in [0.15, 0.2) is 57.8 Å². The number of aliphatic hydroxyl groups is 1. The van der Waals surface area contributed by atoms with E-state index in [0.717, 1.165) is 51.4 Å². The minimum Gasteiger partial charge on any atom is -0.492 e. The van der Waals surface area contributed by atoms with Crippen molar-refractivity contribution in [2.75, 3.05) is 7.11 Å². The first-order chi connectivity index (χ1) is 14.7. The number of esters is 1. The Bertz CT molecular complexity index is 796. The molecule has 2 atom stereocenters. The van der Waals surface area contributed by atoms with Crippen LogP contribution >= 0.6 is 0 Å². The van der Waals surface area contributed by atoms with Crippen molar-refractivity contribution in [3.8, 4) is 0 Å². The molecule has 0 aliphatic carbocycles. The fourth-order valence-electron chi connectivity index (χ4n) is 3.87. The Kier molecular flexibility index (Phi) is 9.63. The lowest BCUT2D eigenvalue weighted by molar-refractivity contribution is -0.133. The van der Waals surface area contributed by atoms with Gasteiger partial charge in [-0.15, -0.1) is 0 Å². The van der Waals surface area contributed by atoms with Crippen LogP contribution in [0.25, 0.3) is 0 Å². The molecule has 2 unspecified atom stereocenters. The van der Waals surface area contributed by atoms with Crippen LogP contribution in [0.2, 0.25) is 0 Å². The number of carbonyl (C=O) groups is 1. The van der Waals surface area contributed by atoms with Gasteiger partial charge >= 0.3 is 5.97 Å². The molecule has 1 aliphatic heterocycles. The number of allylic oxidation sites excluding steroid dienone is 3. The Morgan fingerprint density at radius 1 is 1.32 bits per heavy atom. The molecule has 0 saturated heterocycles. The Hall–Kier alpha value is -2.27. The highest BCUT2D eigenvalue weighted by molar-refractivity contribution is 5.93. The summed E-state index contributed by atoms with van der Waals surface area (Å²) in [6.45, 7) is 7.94. The van der Waals surface area contributed by atoms with Gasteiger partial charge < -0.3 is 19.0 Å². The predicted molar refractivity (Wildman–Crippen MR) is 122 cm³/mol. The lowest BCUT2D eigenvalue weighted by Gasteiger charge is -2.22. The normalized spacial score (nSPS) is 19.0. The number of ether oxygens (including phenoxy) is 2. The molecule has 5 nitrogen and oxygen atoms in total. The number of rotatable bonds is 13. The van der Waals surface area contributed by atoms with Crippen LogP contribution in [0.4, 0.5) is 0 Å². The maximum atomic E-state index is 11.7. The second-order valence-corrected chi connectivity index (χ2v) is 9.02. The molecule has 1 N–H and O–H groups in total. The topological polar surface area (TPSA) is 68.9 Å². The number of furan rings is 1. The van der Waals surface area contributed by atoms with Crippen LogP contribution in [-0.2, 0) is 20.7 Å². The molecule has 0 spiro atoms. The number of methoxy groups -OCH3 is 1. The van der Waals surface area contributed by atoms with Crippen LogP contribution in [-0.4, -0.2) is 23.8 Å². The fourth-order valence-corrected chi connectivity index (χ4v) is 3.87. The molecular formula is C26H38O5. The van der Waals surface area contributed by atoms with E-state index in [4.69, 9.17) is 13.9 Å². The Morgan fingerprint density at radius 2 is 2.10 bits per heavy atom. The highest BCUT2D eigenvalue weighted by Gasteiger charge is 2.28. The smallest absolute Gasteiger partial charge is 0.343 e. The third kappa shape index (κ3) is 8.41. The summed E-state index contributed by atoms with van der Waals surface area (Å²) in [6, 6.07) is 1.98. The van der Waals surface area contributed by atoms with Crippen molar-refractivity contribution in [1.82, 2.24) is 0 Å². The molecule has 0 bridgehead atoms. The quantitative estimate of drug-likeness (QED) is 0.296. The Labute approximate surface area is 186 Å². The van der Waals surface area contributed by atoms with E-state index in [-0.39, 0.29) is 5.97 Å². The molecule has 0 saturated carbocycles. The van der Waals surface area contributed by atoms with Gasteiger partial charge in [0.05, 0.1) is 30.8 Å². The largest absolute Gasteiger partial charge is 0.492 e. The molecule has 31 heavy (non-hydrogen) atoms. The molecule has 1 aromatic heterocycles. The first kappa shape index (κ1) is 25.0. The molecule has 5 heteroatoms. The average molecular weight is 431 g/mol. The zero-order valence-corrected chi connectivity index (χ0v) is 19.7. The summed E-state index contributed by atoms with van der Waals surface area (Å²) in [5.41, 5.74) is 2.43. The number of aryl methyl sites for hydroxylation is 1. The summed E-state index contributed by atoms with van der Waals surface area (Å²) in [5, 5.41) is 10.6. The standard InChI is InChI=1S/C26H38O5/c1-19(11-7-14-26(4,28)15-8-12-22-13-16-30-18-22)9-6-10-20(2)17-23-24(29-5)21(3)25(27)31-23/h11,13,16-18,20,28H,6-10,12,14-15H2,1-5H3/b19-11+,23-17-. The van der Waals surface area contributed by atoms with Gasteiger partial charge in [0.1, 0.15) is 0 Å². The van der Waals surface area contributed by atoms with E-state index in [0.29, 0.717) is 23.0 Å². The average Bonchev–Trinajstić information content (AvgIpc) is 3.30. The Morgan fingerprint density at radius 3 is 2.77 bits per heavy atom. The molecule has 1 aromatic rings. The predicted octanol–water partition coefficient (Wildman–Crippen LogP) is 6.25.